The lowest BCUT2D eigenvalue weighted by molar-refractivity contribution is -0.113. The Morgan fingerprint density at radius 3 is 3.00 bits per heavy atom. The molecular weight excluding hydrogens is 426 g/mol. The van der Waals surface area contributed by atoms with E-state index in [1.807, 2.05) is 24.3 Å². The van der Waals surface area contributed by atoms with Crippen LogP contribution in [0.15, 0.2) is 28.6 Å². The summed E-state index contributed by atoms with van der Waals surface area (Å²) < 4.78 is 6.00. The summed E-state index contributed by atoms with van der Waals surface area (Å²) in [6, 6.07) is 9.79. The molecule has 0 saturated carbocycles. The zero-order valence-electron chi connectivity index (χ0n) is 15.5. The number of thioether (sulfide) groups is 1. The van der Waals surface area contributed by atoms with Crippen molar-refractivity contribution in [1.82, 2.24) is 10.2 Å². The number of anilines is 3. The van der Waals surface area contributed by atoms with E-state index in [9.17, 15) is 10.1 Å². The summed E-state index contributed by atoms with van der Waals surface area (Å²) >= 11 is 4.20. The second-order valence-corrected chi connectivity index (χ2v) is 9.51. The van der Waals surface area contributed by atoms with Crippen molar-refractivity contribution < 1.29 is 9.53 Å². The maximum atomic E-state index is 12.4. The van der Waals surface area contributed by atoms with Gasteiger partial charge in [-0.25, -0.2) is 0 Å². The highest BCUT2D eigenvalue weighted by Gasteiger charge is 2.23. The van der Waals surface area contributed by atoms with E-state index in [1.165, 1.54) is 39.3 Å². The van der Waals surface area contributed by atoms with Crippen LogP contribution in [0.4, 0.5) is 15.8 Å². The predicted octanol–water partition coefficient (Wildman–Crippen LogP) is 4.44. The standard InChI is InChI=1S/C19H17N5O2S3/c1-26-14-7-3-2-6-13(14)21-18-23-24-19(29-18)27-10-16(25)22-17-12(9-20)11-5-4-8-15(11)28-17/h2-3,6-7H,4-5,8,10H2,1H3,(H,21,23)(H,22,25). The molecule has 0 bridgehead atoms. The van der Waals surface area contributed by atoms with Crippen LogP contribution in [-0.2, 0) is 17.6 Å². The Morgan fingerprint density at radius 2 is 2.17 bits per heavy atom. The monoisotopic (exact) mass is 443 g/mol. The number of rotatable bonds is 7. The maximum absolute atomic E-state index is 12.4. The van der Waals surface area contributed by atoms with Crippen molar-refractivity contribution in [3.05, 3.63) is 40.3 Å². The van der Waals surface area contributed by atoms with Crippen LogP contribution in [-0.4, -0.2) is 29.0 Å². The molecule has 0 spiro atoms. The summed E-state index contributed by atoms with van der Waals surface area (Å²) in [5.41, 5.74) is 2.53. The van der Waals surface area contributed by atoms with Gasteiger partial charge in [0.25, 0.3) is 0 Å². The first-order valence-corrected chi connectivity index (χ1v) is 11.5. The minimum absolute atomic E-state index is 0.152. The number of nitrogens with one attached hydrogen (secondary N) is 2. The van der Waals surface area contributed by atoms with Gasteiger partial charge in [0.15, 0.2) is 4.34 Å². The molecule has 29 heavy (non-hydrogen) atoms. The number of carbonyl (C=O) groups excluding carboxylic acids is 1. The van der Waals surface area contributed by atoms with Crippen LogP contribution in [0.25, 0.3) is 0 Å². The van der Waals surface area contributed by atoms with Gasteiger partial charge in [0.2, 0.25) is 11.0 Å². The topological polar surface area (TPSA) is 99.9 Å². The van der Waals surface area contributed by atoms with E-state index in [4.69, 9.17) is 4.74 Å². The first-order valence-electron chi connectivity index (χ1n) is 8.88. The minimum Gasteiger partial charge on any atom is -0.495 e. The molecule has 1 amide bonds. The van der Waals surface area contributed by atoms with Gasteiger partial charge in [0, 0.05) is 4.88 Å². The number of carbonyl (C=O) groups is 1. The Bertz CT molecular complexity index is 1090. The fourth-order valence-corrected chi connectivity index (χ4v) is 5.90. The van der Waals surface area contributed by atoms with Crippen LogP contribution >= 0.6 is 34.4 Å². The molecular formula is C19H17N5O2S3. The van der Waals surface area contributed by atoms with E-state index >= 15 is 0 Å². The summed E-state index contributed by atoms with van der Waals surface area (Å²) in [5, 5.41) is 25.0. The average Bonchev–Trinajstić information content (AvgIpc) is 3.43. The van der Waals surface area contributed by atoms with Gasteiger partial charge < -0.3 is 15.4 Å². The predicted molar refractivity (Wildman–Crippen MR) is 117 cm³/mol. The van der Waals surface area contributed by atoms with Crippen molar-refractivity contribution in [3.8, 4) is 11.8 Å². The Morgan fingerprint density at radius 1 is 1.31 bits per heavy atom. The Balaban J connectivity index is 1.34. The van der Waals surface area contributed by atoms with Crippen LogP contribution in [0.3, 0.4) is 0 Å². The molecule has 10 heteroatoms. The van der Waals surface area contributed by atoms with Gasteiger partial charge in [-0.15, -0.1) is 21.5 Å². The number of para-hydroxylation sites is 2. The number of benzene rings is 1. The number of hydrogen-bond donors (Lipinski definition) is 2. The van der Waals surface area contributed by atoms with Gasteiger partial charge in [0.1, 0.15) is 16.8 Å². The molecule has 1 aliphatic rings. The number of nitrogens with zero attached hydrogens (tertiary/aromatic N) is 3. The minimum atomic E-state index is -0.152. The van der Waals surface area contributed by atoms with Gasteiger partial charge in [0.05, 0.1) is 24.1 Å². The van der Waals surface area contributed by atoms with E-state index in [0.717, 1.165) is 30.5 Å². The molecule has 2 aromatic heterocycles. The van der Waals surface area contributed by atoms with E-state index in [1.54, 1.807) is 7.11 Å². The fourth-order valence-electron chi connectivity index (χ4n) is 3.08. The maximum Gasteiger partial charge on any atom is 0.235 e. The summed E-state index contributed by atoms with van der Waals surface area (Å²) in [5.74, 6) is 0.768. The number of fused-ring (bicyclic) bond motifs is 1. The van der Waals surface area contributed by atoms with Crippen molar-refractivity contribution in [3.63, 3.8) is 0 Å². The molecule has 2 N–H and O–H groups in total. The summed E-state index contributed by atoms with van der Waals surface area (Å²) in [6.45, 7) is 0. The lowest BCUT2D eigenvalue weighted by atomic mass is 10.1. The third kappa shape index (κ3) is 4.37. The van der Waals surface area contributed by atoms with Crippen LogP contribution in [0.2, 0.25) is 0 Å². The largest absolute Gasteiger partial charge is 0.495 e. The number of amides is 1. The molecule has 0 unspecified atom stereocenters. The lowest BCUT2D eigenvalue weighted by Crippen LogP contribution is -2.13. The molecule has 2 heterocycles. The Hall–Kier alpha value is -2.61. The zero-order valence-corrected chi connectivity index (χ0v) is 18.0. The molecule has 0 atom stereocenters. The number of aromatic nitrogens is 2. The number of thiophene rings is 1. The summed E-state index contributed by atoms with van der Waals surface area (Å²) in [6.07, 6.45) is 3.00. The number of methoxy groups -OCH3 is 1. The number of hydrogen-bond acceptors (Lipinski definition) is 9. The number of ether oxygens (including phenoxy) is 1. The van der Waals surface area contributed by atoms with Crippen molar-refractivity contribution in [1.29, 1.82) is 5.26 Å². The van der Waals surface area contributed by atoms with Gasteiger partial charge in [-0.05, 0) is 37.0 Å². The van der Waals surface area contributed by atoms with E-state index < -0.39 is 0 Å². The molecule has 0 fully saturated rings. The zero-order chi connectivity index (χ0) is 20.2. The Kier molecular flexibility index (Phi) is 5.99. The summed E-state index contributed by atoms with van der Waals surface area (Å²) in [7, 11) is 1.61. The first-order chi connectivity index (χ1) is 14.2. The van der Waals surface area contributed by atoms with E-state index in [2.05, 4.69) is 26.9 Å². The first kappa shape index (κ1) is 19.7. The van der Waals surface area contributed by atoms with Crippen LogP contribution in [0.5, 0.6) is 5.75 Å². The molecule has 7 nitrogen and oxygen atoms in total. The highest BCUT2D eigenvalue weighted by atomic mass is 32.2. The molecule has 4 rings (SSSR count). The van der Waals surface area contributed by atoms with Crippen molar-refractivity contribution in [2.75, 3.05) is 23.5 Å². The van der Waals surface area contributed by atoms with Gasteiger partial charge in [-0.2, -0.15) is 5.26 Å². The van der Waals surface area contributed by atoms with Crippen molar-refractivity contribution in [2.45, 2.75) is 23.6 Å². The number of nitriles is 1. The highest BCUT2D eigenvalue weighted by molar-refractivity contribution is 8.01. The number of aryl methyl sites for hydroxylation is 1. The van der Waals surface area contributed by atoms with Crippen LogP contribution in [0, 0.1) is 11.3 Å². The average molecular weight is 444 g/mol. The third-order valence-corrected chi connectivity index (χ3v) is 7.55. The molecule has 0 saturated heterocycles. The van der Waals surface area contributed by atoms with Gasteiger partial charge in [-0.1, -0.05) is 35.2 Å². The van der Waals surface area contributed by atoms with Gasteiger partial charge in [-0.3, -0.25) is 4.79 Å². The third-order valence-electron chi connectivity index (χ3n) is 4.37. The molecule has 0 radical (unpaired) electrons. The second kappa shape index (κ2) is 8.82. The quantitative estimate of drug-likeness (QED) is 0.521. The van der Waals surface area contributed by atoms with Crippen LogP contribution in [0.1, 0.15) is 22.4 Å². The van der Waals surface area contributed by atoms with E-state index in [-0.39, 0.29) is 11.7 Å². The molecule has 1 aromatic carbocycles. The Labute approximate surface area is 180 Å². The lowest BCUT2D eigenvalue weighted by Gasteiger charge is -2.07. The molecule has 148 valence electrons. The fraction of sp³-hybridized carbons (Fsp3) is 0.263. The van der Waals surface area contributed by atoms with Crippen molar-refractivity contribution in [2.24, 2.45) is 0 Å². The van der Waals surface area contributed by atoms with Gasteiger partial charge >= 0.3 is 0 Å². The molecule has 0 aliphatic heterocycles. The van der Waals surface area contributed by atoms with Crippen molar-refractivity contribution >= 4 is 56.2 Å². The molecule has 1 aliphatic carbocycles. The van der Waals surface area contributed by atoms with E-state index in [0.29, 0.717) is 25.8 Å². The smallest absolute Gasteiger partial charge is 0.235 e. The molecule has 3 aromatic rings. The second-order valence-electron chi connectivity index (χ2n) is 6.21. The van der Waals surface area contributed by atoms with Crippen LogP contribution < -0.4 is 15.4 Å². The summed E-state index contributed by atoms with van der Waals surface area (Å²) in [4.78, 5) is 13.6. The normalized spacial score (nSPS) is 12.3. The highest BCUT2D eigenvalue weighted by Crippen LogP contribution is 2.38. The SMILES string of the molecule is COc1ccccc1Nc1nnc(SCC(=O)Nc2sc3c(c2C#N)CCC3)s1.